The second kappa shape index (κ2) is 7.67. The number of hydrogen-bond donors (Lipinski definition) is 1. The maximum Gasteiger partial charge on any atom is 0.422 e. The lowest BCUT2D eigenvalue weighted by Crippen LogP contribution is -2.55. The summed E-state index contributed by atoms with van der Waals surface area (Å²) in [4.78, 5) is 22.4. The van der Waals surface area contributed by atoms with Crippen molar-refractivity contribution >= 4 is 38.7 Å². The zero-order chi connectivity index (χ0) is 22.5. The number of halogens is 5. The van der Waals surface area contributed by atoms with Crippen molar-refractivity contribution in [2.24, 2.45) is 0 Å². The highest BCUT2D eigenvalue weighted by Crippen LogP contribution is 2.38. The Labute approximate surface area is 181 Å². The lowest BCUT2D eigenvalue weighted by atomic mass is 10.1. The van der Waals surface area contributed by atoms with E-state index < -0.39 is 30.7 Å². The minimum Gasteiger partial charge on any atom is -0.465 e. The average molecular weight is 504 g/mol. The molecule has 3 heterocycles. The lowest BCUT2D eigenvalue weighted by Gasteiger charge is -2.40. The van der Waals surface area contributed by atoms with E-state index in [0.29, 0.717) is 12.8 Å². The fourth-order valence-corrected chi connectivity index (χ4v) is 4.48. The first-order valence-electron chi connectivity index (χ1n) is 9.14. The number of rotatable bonds is 3. The van der Waals surface area contributed by atoms with Gasteiger partial charge in [0.15, 0.2) is 12.4 Å². The van der Waals surface area contributed by atoms with Gasteiger partial charge in [-0.2, -0.15) is 28.4 Å². The zero-order valence-electron chi connectivity index (χ0n) is 15.7. The minimum absolute atomic E-state index is 0.0362. The molecule has 0 radical (unpaired) electrons. The number of anilines is 1. The molecule has 2 atom stereocenters. The SMILES string of the molecule is N#Cc1cc2c(N3C[C@H]4CC[C@@H](C3)N4C(=O)O)nc(OCC(F)(F)F)nc2c(F)c1Br. The van der Waals surface area contributed by atoms with Crippen LogP contribution in [-0.4, -0.2) is 64.0 Å². The second-order valence-electron chi connectivity index (χ2n) is 7.27. The topological polar surface area (TPSA) is 103 Å². The van der Waals surface area contributed by atoms with Crippen LogP contribution in [-0.2, 0) is 0 Å². The summed E-state index contributed by atoms with van der Waals surface area (Å²) in [6.45, 7) is -1.23. The first-order valence-corrected chi connectivity index (χ1v) is 9.94. The number of carbonyl (C=O) groups is 1. The molecule has 1 amide bonds. The van der Waals surface area contributed by atoms with Crippen LogP contribution in [0.25, 0.3) is 10.9 Å². The van der Waals surface area contributed by atoms with E-state index in [0.717, 1.165) is 0 Å². The Morgan fingerprint density at radius 2 is 1.97 bits per heavy atom. The van der Waals surface area contributed by atoms with Gasteiger partial charge >= 0.3 is 18.3 Å². The first-order chi connectivity index (χ1) is 14.6. The number of aromatic nitrogens is 2. The van der Waals surface area contributed by atoms with Gasteiger partial charge in [-0.3, -0.25) is 4.90 Å². The van der Waals surface area contributed by atoms with Gasteiger partial charge in [-0.1, -0.05) is 0 Å². The van der Waals surface area contributed by atoms with Gasteiger partial charge in [0.05, 0.1) is 22.1 Å². The molecule has 31 heavy (non-hydrogen) atoms. The molecule has 2 aliphatic heterocycles. The number of piperazine rings is 1. The Hall–Kier alpha value is -2.88. The number of benzene rings is 1. The van der Waals surface area contributed by atoms with E-state index in [2.05, 4.69) is 30.6 Å². The molecule has 1 N–H and O–H groups in total. The van der Waals surface area contributed by atoms with Crippen molar-refractivity contribution in [3.63, 3.8) is 0 Å². The molecule has 0 aliphatic carbocycles. The Bertz CT molecular complexity index is 1090. The summed E-state index contributed by atoms with van der Waals surface area (Å²) in [6.07, 6.45) is -4.45. The molecule has 4 rings (SSSR count). The van der Waals surface area contributed by atoms with E-state index in [1.807, 2.05) is 6.07 Å². The summed E-state index contributed by atoms with van der Waals surface area (Å²) in [5, 5.41) is 18.9. The van der Waals surface area contributed by atoms with E-state index >= 15 is 0 Å². The number of alkyl halides is 3. The first kappa shape index (κ1) is 21.4. The Morgan fingerprint density at radius 3 is 2.52 bits per heavy atom. The second-order valence-corrected chi connectivity index (χ2v) is 8.07. The Morgan fingerprint density at radius 1 is 1.32 bits per heavy atom. The number of nitriles is 1. The highest BCUT2D eigenvalue weighted by Gasteiger charge is 2.43. The molecule has 2 bridgehead atoms. The number of ether oxygens (including phenoxy) is 1. The standard InChI is InChI=1S/C18H14BrF4N5O3/c19-12-8(4-24)3-11-14(13(12)20)25-16(31-7-18(21,22)23)26-15(11)27-5-9-1-2-10(6-27)28(9)17(29)30/h3,9-10H,1-2,5-7H2,(H,29,30)/t9-,10+. The molecule has 0 spiro atoms. The maximum atomic E-state index is 14.9. The van der Waals surface area contributed by atoms with Gasteiger partial charge in [-0.15, -0.1) is 0 Å². The molecule has 1 aromatic carbocycles. The molecular formula is C18H14BrF4N5O3. The monoisotopic (exact) mass is 503 g/mol. The summed E-state index contributed by atoms with van der Waals surface area (Å²) in [7, 11) is 0. The zero-order valence-corrected chi connectivity index (χ0v) is 17.2. The van der Waals surface area contributed by atoms with E-state index in [1.165, 1.54) is 11.0 Å². The van der Waals surface area contributed by atoms with Gasteiger partial charge in [-0.25, -0.2) is 9.18 Å². The quantitative estimate of drug-likeness (QED) is 0.637. The van der Waals surface area contributed by atoms with Crippen molar-refractivity contribution in [2.45, 2.75) is 31.1 Å². The fourth-order valence-electron chi connectivity index (χ4n) is 4.09. The predicted octanol–water partition coefficient (Wildman–Crippen LogP) is 3.68. The van der Waals surface area contributed by atoms with Gasteiger partial charge in [0, 0.05) is 18.5 Å². The van der Waals surface area contributed by atoms with Gasteiger partial charge in [0.25, 0.3) is 0 Å². The van der Waals surface area contributed by atoms with Gasteiger partial charge in [-0.05, 0) is 34.8 Å². The Balaban J connectivity index is 1.82. The third-order valence-corrected chi connectivity index (χ3v) is 6.09. The van der Waals surface area contributed by atoms with Crippen molar-refractivity contribution in [3.8, 4) is 12.1 Å². The third-order valence-electron chi connectivity index (χ3n) is 5.32. The molecule has 2 aliphatic rings. The van der Waals surface area contributed by atoms with Crippen LogP contribution in [0.15, 0.2) is 10.5 Å². The van der Waals surface area contributed by atoms with Crippen LogP contribution in [0.3, 0.4) is 0 Å². The summed E-state index contributed by atoms with van der Waals surface area (Å²) in [5.74, 6) is -0.839. The predicted molar refractivity (Wildman–Crippen MR) is 102 cm³/mol. The normalized spacial score (nSPS) is 20.8. The van der Waals surface area contributed by atoms with Crippen LogP contribution in [0.5, 0.6) is 6.01 Å². The van der Waals surface area contributed by atoms with Crippen LogP contribution in [0.2, 0.25) is 0 Å². The van der Waals surface area contributed by atoms with Gasteiger partial charge in [0.2, 0.25) is 0 Å². The number of hydrogen-bond acceptors (Lipinski definition) is 6. The van der Waals surface area contributed by atoms with Crippen molar-refractivity contribution in [2.75, 3.05) is 24.6 Å². The van der Waals surface area contributed by atoms with Crippen LogP contribution in [0, 0.1) is 17.1 Å². The molecule has 2 saturated heterocycles. The average Bonchev–Trinajstić information content (AvgIpc) is 2.98. The molecule has 0 unspecified atom stereocenters. The van der Waals surface area contributed by atoms with Crippen molar-refractivity contribution in [3.05, 3.63) is 21.9 Å². The number of fused-ring (bicyclic) bond motifs is 3. The highest BCUT2D eigenvalue weighted by atomic mass is 79.9. The van der Waals surface area contributed by atoms with E-state index in [9.17, 15) is 32.7 Å². The smallest absolute Gasteiger partial charge is 0.422 e. The summed E-state index contributed by atoms with van der Waals surface area (Å²) in [5.41, 5.74) is -0.341. The summed E-state index contributed by atoms with van der Waals surface area (Å²) in [6, 6.07) is 1.85. The van der Waals surface area contributed by atoms with Gasteiger partial charge in [0.1, 0.15) is 17.4 Å². The maximum absolute atomic E-state index is 14.9. The largest absolute Gasteiger partial charge is 0.465 e. The molecule has 13 heteroatoms. The number of amides is 1. The van der Waals surface area contributed by atoms with Crippen LogP contribution in [0.4, 0.5) is 28.2 Å². The molecule has 2 fully saturated rings. The summed E-state index contributed by atoms with van der Waals surface area (Å²) < 4.78 is 57.2. The minimum atomic E-state index is -4.64. The van der Waals surface area contributed by atoms with E-state index in [4.69, 9.17) is 0 Å². The molecule has 1 aromatic heterocycles. The van der Waals surface area contributed by atoms with Crippen molar-refractivity contribution in [1.82, 2.24) is 14.9 Å². The number of carboxylic acid groups (broad SMARTS) is 1. The lowest BCUT2D eigenvalue weighted by molar-refractivity contribution is -0.154. The highest BCUT2D eigenvalue weighted by molar-refractivity contribution is 9.10. The van der Waals surface area contributed by atoms with Gasteiger partial charge < -0.3 is 14.7 Å². The molecule has 0 saturated carbocycles. The van der Waals surface area contributed by atoms with Crippen molar-refractivity contribution in [1.29, 1.82) is 5.26 Å². The van der Waals surface area contributed by atoms with Crippen molar-refractivity contribution < 1.29 is 32.2 Å². The molecule has 164 valence electrons. The summed E-state index contributed by atoms with van der Waals surface area (Å²) >= 11 is 2.97. The molecular weight excluding hydrogens is 490 g/mol. The van der Waals surface area contributed by atoms with E-state index in [-0.39, 0.29) is 51.9 Å². The van der Waals surface area contributed by atoms with Crippen LogP contribution < -0.4 is 9.64 Å². The van der Waals surface area contributed by atoms with E-state index in [1.54, 1.807) is 4.90 Å². The molecule has 8 nitrogen and oxygen atoms in total. The number of nitrogens with zero attached hydrogens (tertiary/aromatic N) is 5. The molecule has 2 aromatic rings. The third kappa shape index (κ3) is 3.91. The fraction of sp³-hybridized carbons (Fsp3) is 0.444. The van der Waals surface area contributed by atoms with Crippen LogP contribution >= 0.6 is 15.9 Å². The Kier molecular flexibility index (Phi) is 5.28. The van der Waals surface area contributed by atoms with Crippen LogP contribution in [0.1, 0.15) is 18.4 Å².